The summed E-state index contributed by atoms with van der Waals surface area (Å²) < 4.78 is 5.70. The number of nitrogens with one attached hydrogen (secondary N) is 2. The highest BCUT2D eigenvalue weighted by molar-refractivity contribution is 8.00. The molecule has 7 heteroatoms. The van der Waals surface area contributed by atoms with E-state index in [1.54, 1.807) is 0 Å². The van der Waals surface area contributed by atoms with Crippen molar-refractivity contribution in [2.45, 2.75) is 109 Å². The molecule has 1 aromatic carbocycles. The van der Waals surface area contributed by atoms with Crippen LogP contribution in [-0.4, -0.2) is 51.2 Å². The molecule has 4 rings (SSSR count). The second-order valence-electron chi connectivity index (χ2n) is 11.3. The highest BCUT2D eigenvalue weighted by Gasteiger charge is 2.53. The Morgan fingerprint density at radius 1 is 1.18 bits per heavy atom. The molecule has 0 radical (unpaired) electrons. The molecule has 1 aromatic rings. The van der Waals surface area contributed by atoms with Gasteiger partial charge in [0.15, 0.2) is 0 Å². The predicted octanol–water partition coefficient (Wildman–Crippen LogP) is 4.90. The number of hydrogen-bond acceptors (Lipinski definition) is 7. The minimum Gasteiger partial charge on any atom is -0.460 e. The van der Waals surface area contributed by atoms with Gasteiger partial charge in [0.05, 0.1) is 30.2 Å². The summed E-state index contributed by atoms with van der Waals surface area (Å²) in [7, 11) is 0. The Kier molecular flexibility index (Phi) is 7.49. The lowest BCUT2D eigenvalue weighted by molar-refractivity contribution is -0.155. The van der Waals surface area contributed by atoms with Gasteiger partial charge in [-0.2, -0.15) is 0 Å². The molecule has 3 aliphatic heterocycles. The van der Waals surface area contributed by atoms with Crippen LogP contribution in [0.25, 0.3) is 0 Å². The van der Waals surface area contributed by atoms with E-state index >= 15 is 0 Å². The molecule has 2 saturated heterocycles. The van der Waals surface area contributed by atoms with Crippen molar-refractivity contribution >= 4 is 23.4 Å². The van der Waals surface area contributed by atoms with Crippen LogP contribution < -0.4 is 10.9 Å². The molecule has 2 N–H and O–H groups in total. The number of benzene rings is 1. The first-order valence-corrected chi connectivity index (χ1v) is 13.8. The van der Waals surface area contributed by atoms with Crippen molar-refractivity contribution in [1.82, 2.24) is 15.8 Å². The fourth-order valence-corrected chi connectivity index (χ4v) is 7.28. The standard InChI is InChI=1S/C27H42N4O2S/c1-9-15(2)19-10-12-20(13-11-19)24-23-16(3)17(4)34-26(23)31-18(5)29-30-25(31)21(28-24)14-22(32)33-27(6,7)8/h10-13,15-18,21,23,25-26,29-30H,9,14H2,1-8H3/t15?,16?,17?,18?,21-,23?,25?,26?/m0/s1. The number of thioether (sulfide) groups is 1. The van der Waals surface area contributed by atoms with E-state index in [1.165, 1.54) is 11.1 Å². The maximum atomic E-state index is 12.9. The lowest BCUT2D eigenvalue weighted by Crippen LogP contribution is -2.50. The van der Waals surface area contributed by atoms with Gasteiger partial charge in [0.25, 0.3) is 0 Å². The average molecular weight is 487 g/mol. The van der Waals surface area contributed by atoms with Crippen LogP contribution in [-0.2, 0) is 9.53 Å². The molecule has 8 atom stereocenters. The molecular weight excluding hydrogens is 444 g/mol. The number of hydrogen-bond donors (Lipinski definition) is 2. The van der Waals surface area contributed by atoms with E-state index in [0.29, 0.717) is 28.4 Å². The molecule has 7 unspecified atom stereocenters. The average Bonchev–Trinajstić information content (AvgIpc) is 3.24. The fourth-order valence-electron chi connectivity index (χ4n) is 5.42. The summed E-state index contributed by atoms with van der Waals surface area (Å²) in [6, 6.07) is 8.77. The van der Waals surface area contributed by atoms with Crippen molar-refractivity contribution in [1.29, 1.82) is 0 Å². The van der Waals surface area contributed by atoms with Crippen molar-refractivity contribution in [3.63, 3.8) is 0 Å². The third-order valence-electron chi connectivity index (χ3n) is 7.64. The Morgan fingerprint density at radius 2 is 1.85 bits per heavy atom. The quantitative estimate of drug-likeness (QED) is 0.577. The van der Waals surface area contributed by atoms with Crippen LogP contribution in [0.15, 0.2) is 29.3 Å². The van der Waals surface area contributed by atoms with E-state index in [1.807, 2.05) is 32.5 Å². The third kappa shape index (κ3) is 5.08. The number of carbonyl (C=O) groups is 1. The smallest absolute Gasteiger partial charge is 0.308 e. The number of nitrogens with zero attached hydrogens (tertiary/aromatic N) is 2. The lowest BCUT2D eigenvalue weighted by Gasteiger charge is -2.35. The van der Waals surface area contributed by atoms with Gasteiger partial charge in [0.1, 0.15) is 5.60 Å². The molecule has 0 aliphatic carbocycles. The SMILES string of the molecule is CCC(C)c1ccc(C2=N[C@@H](CC(=O)OC(C)(C)C)C3NNC(C)N3C3SC(C)C(C)C23)cc1. The number of ether oxygens (including phenoxy) is 1. The van der Waals surface area contributed by atoms with Crippen LogP contribution in [0.1, 0.15) is 85.3 Å². The molecule has 2 fully saturated rings. The van der Waals surface area contributed by atoms with Crippen LogP contribution in [0.3, 0.4) is 0 Å². The van der Waals surface area contributed by atoms with Crippen LogP contribution in [0, 0.1) is 11.8 Å². The Bertz CT molecular complexity index is 912. The highest BCUT2D eigenvalue weighted by Crippen LogP contribution is 2.49. The zero-order valence-corrected chi connectivity index (χ0v) is 22.8. The molecule has 188 valence electrons. The predicted molar refractivity (Wildman–Crippen MR) is 141 cm³/mol. The van der Waals surface area contributed by atoms with Gasteiger partial charge < -0.3 is 4.74 Å². The second-order valence-corrected chi connectivity index (χ2v) is 12.8. The molecule has 34 heavy (non-hydrogen) atoms. The van der Waals surface area contributed by atoms with E-state index in [4.69, 9.17) is 9.73 Å². The number of hydrazine groups is 1. The van der Waals surface area contributed by atoms with Gasteiger partial charge in [0, 0.05) is 16.9 Å². The van der Waals surface area contributed by atoms with Crippen molar-refractivity contribution < 1.29 is 9.53 Å². The zero-order chi connectivity index (χ0) is 24.8. The van der Waals surface area contributed by atoms with Gasteiger partial charge in [-0.1, -0.05) is 52.0 Å². The molecule has 0 saturated carbocycles. The minimum absolute atomic E-state index is 0.0584. The topological polar surface area (TPSA) is 66.0 Å². The molecule has 3 heterocycles. The first-order valence-electron chi connectivity index (χ1n) is 12.8. The first-order chi connectivity index (χ1) is 16.0. The van der Waals surface area contributed by atoms with Crippen LogP contribution in [0.5, 0.6) is 0 Å². The largest absolute Gasteiger partial charge is 0.460 e. The van der Waals surface area contributed by atoms with Crippen molar-refractivity contribution in [3.05, 3.63) is 35.4 Å². The van der Waals surface area contributed by atoms with Crippen LogP contribution in [0.4, 0.5) is 0 Å². The third-order valence-corrected chi connectivity index (χ3v) is 9.31. The first kappa shape index (κ1) is 25.7. The molecule has 0 aromatic heterocycles. The van der Waals surface area contributed by atoms with E-state index in [-0.39, 0.29) is 30.8 Å². The Labute approximate surface area is 209 Å². The summed E-state index contributed by atoms with van der Waals surface area (Å²) in [6.07, 6.45) is 1.48. The van der Waals surface area contributed by atoms with Gasteiger partial charge >= 0.3 is 5.97 Å². The lowest BCUT2D eigenvalue weighted by atomic mass is 9.83. The summed E-state index contributed by atoms with van der Waals surface area (Å²) in [5.74, 6) is 1.12. The molecular formula is C27H42N4O2S. The summed E-state index contributed by atoms with van der Waals surface area (Å²) in [4.78, 5) is 20.8. The van der Waals surface area contributed by atoms with Gasteiger partial charge in [-0.3, -0.25) is 14.7 Å². The summed E-state index contributed by atoms with van der Waals surface area (Å²) >= 11 is 2.04. The van der Waals surface area contributed by atoms with E-state index in [2.05, 4.69) is 74.6 Å². The monoisotopic (exact) mass is 486 g/mol. The van der Waals surface area contributed by atoms with Crippen LogP contribution in [0.2, 0.25) is 0 Å². The highest BCUT2D eigenvalue weighted by atomic mass is 32.2. The minimum atomic E-state index is -0.509. The maximum Gasteiger partial charge on any atom is 0.308 e. The molecule has 6 nitrogen and oxygen atoms in total. The van der Waals surface area contributed by atoms with E-state index < -0.39 is 5.60 Å². The van der Waals surface area contributed by atoms with E-state index in [0.717, 1.165) is 12.1 Å². The molecule has 0 spiro atoms. The molecule has 3 aliphatic rings. The number of esters is 1. The Hall–Kier alpha value is -1.41. The Balaban J connectivity index is 1.75. The number of aliphatic imine (C=N–C) groups is 1. The van der Waals surface area contributed by atoms with Gasteiger partial charge in [-0.15, -0.1) is 11.8 Å². The number of fused-ring (bicyclic) bond motifs is 3. The summed E-state index contributed by atoms with van der Waals surface area (Å²) in [5.41, 5.74) is 10.0. The van der Waals surface area contributed by atoms with Gasteiger partial charge in [-0.25, -0.2) is 10.9 Å². The molecule has 0 amide bonds. The Morgan fingerprint density at radius 3 is 2.47 bits per heavy atom. The zero-order valence-electron chi connectivity index (χ0n) is 22.0. The second kappa shape index (κ2) is 9.92. The number of rotatable bonds is 5. The van der Waals surface area contributed by atoms with Crippen molar-refractivity contribution in [2.75, 3.05) is 0 Å². The summed E-state index contributed by atoms with van der Waals surface area (Å²) in [5, 5.41) is 0.833. The summed E-state index contributed by atoms with van der Waals surface area (Å²) in [6.45, 7) is 17.1. The van der Waals surface area contributed by atoms with Crippen molar-refractivity contribution in [2.24, 2.45) is 16.8 Å². The normalized spacial score (nSPS) is 34.7. The van der Waals surface area contributed by atoms with Gasteiger partial charge in [0.2, 0.25) is 0 Å². The van der Waals surface area contributed by atoms with Crippen LogP contribution >= 0.6 is 11.8 Å². The number of carbonyl (C=O) groups excluding carboxylic acids is 1. The van der Waals surface area contributed by atoms with Gasteiger partial charge in [-0.05, 0) is 57.1 Å². The molecule has 0 bridgehead atoms. The van der Waals surface area contributed by atoms with E-state index in [9.17, 15) is 4.79 Å². The van der Waals surface area contributed by atoms with Crippen molar-refractivity contribution in [3.8, 4) is 0 Å². The maximum absolute atomic E-state index is 12.9. The fraction of sp³-hybridized carbons (Fsp3) is 0.704.